The summed E-state index contributed by atoms with van der Waals surface area (Å²) >= 11 is 5.85. The second kappa shape index (κ2) is 8.57. The molecule has 6 rings (SSSR count). The number of benzene rings is 3. The van der Waals surface area contributed by atoms with E-state index in [-0.39, 0.29) is 35.7 Å². The number of hydrogen-bond donors (Lipinski definition) is 0. The maximum absolute atomic E-state index is 14.0. The fourth-order valence-electron chi connectivity index (χ4n) is 5.46. The zero-order valence-corrected chi connectivity index (χ0v) is 19.2. The van der Waals surface area contributed by atoms with Crippen LogP contribution in [0.5, 0.6) is 0 Å². The third-order valence-corrected chi connectivity index (χ3v) is 7.34. The Hall–Kier alpha value is -3.15. The van der Waals surface area contributed by atoms with E-state index < -0.39 is 5.82 Å². The number of carbonyl (C=O) groups is 1. The molecular weight excluding hydrogens is 453 g/mol. The first-order valence-electron chi connectivity index (χ1n) is 11.5. The molecule has 2 atom stereocenters. The van der Waals surface area contributed by atoms with Gasteiger partial charge in [0.1, 0.15) is 12.4 Å². The molecule has 3 aromatic rings. The van der Waals surface area contributed by atoms with E-state index in [0.29, 0.717) is 19.6 Å². The highest BCUT2D eigenvalue weighted by atomic mass is 35.5. The normalized spacial score (nSPS) is 21.0. The molecule has 4 nitrogen and oxygen atoms in total. The second-order valence-electron chi connectivity index (χ2n) is 8.99. The monoisotopic (exact) mass is 475 g/mol. The van der Waals surface area contributed by atoms with Crippen LogP contribution in [0.25, 0.3) is 16.7 Å². The number of hydrogen-bond acceptors (Lipinski definition) is 3. The lowest BCUT2D eigenvalue weighted by Crippen LogP contribution is -2.56. The molecule has 1 fully saturated rings. The number of ether oxygens (including phenoxy) is 2. The van der Waals surface area contributed by atoms with Crippen LogP contribution >= 0.6 is 11.6 Å². The Labute approximate surface area is 202 Å². The zero-order valence-electron chi connectivity index (χ0n) is 18.4. The first-order chi connectivity index (χ1) is 16.6. The summed E-state index contributed by atoms with van der Waals surface area (Å²) in [6, 6.07) is 21.0. The van der Waals surface area contributed by atoms with Crippen LogP contribution < -0.4 is 0 Å². The second-order valence-corrected chi connectivity index (χ2v) is 9.40. The Morgan fingerprint density at radius 1 is 1.03 bits per heavy atom. The van der Waals surface area contributed by atoms with Gasteiger partial charge in [-0.15, -0.1) is 0 Å². The molecule has 3 aromatic carbocycles. The van der Waals surface area contributed by atoms with Crippen LogP contribution in [0.3, 0.4) is 0 Å². The van der Waals surface area contributed by atoms with Crippen LogP contribution in [0.2, 0.25) is 5.02 Å². The van der Waals surface area contributed by atoms with Gasteiger partial charge in [0.2, 0.25) is 0 Å². The van der Waals surface area contributed by atoms with Crippen LogP contribution in [-0.2, 0) is 9.47 Å². The third kappa shape index (κ3) is 3.60. The molecule has 6 heteroatoms. The molecule has 0 saturated carbocycles. The lowest BCUT2D eigenvalue weighted by molar-refractivity contribution is -0.0331. The van der Waals surface area contributed by atoms with Crippen molar-refractivity contribution in [3.05, 3.63) is 100 Å². The SMILES string of the molecule is O=C(OCC1c2ccccc2-c2ccccc21)N1C2C=C(c3ccc(Cl)c(F)c3)CC1COC2. The highest BCUT2D eigenvalue weighted by molar-refractivity contribution is 6.30. The van der Waals surface area contributed by atoms with Crippen LogP contribution in [0.15, 0.2) is 72.8 Å². The standard InChI is InChI=1S/C28H23ClFNO3/c29-26-10-9-17(13-27(26)30)18-11-19-14-33-15-20(12-18)31(19)28(32)34-16-25-23-7-3-1-5-21(23)22-6-2-4-8-24(22)25/h1-11,13,19-20,25H,12,14-16H2. The van der Waals surface area contributed by atoms with E-state index in [4.69, 9.17) is 21.1 Å². The van der Waals surface area contributed by atoms with Crippen molar-refractivity contribution in [2.75, 3.05) is 19.8 Å². The van der Waals surface area contributed by atoms with Gasteiger partial charge in [0, 0.05) is 5.92 Å². The zero-order chi connectivity index (χ0) is 23.2. The minimum Gasteiger partial charge on any atom is -0.448 e. The van der Waals surface area contributed by atoms with Gasteiger partial charge >= 0.3 is 6.09 Å². The first-order valence-corrected chi connectivity index (χ1v) is 11.8. The van der Waals surface area contributed by atoms with Crippen molar-refractivity contribution in [1.82, 2.24) is 4.90 Å². The van der Waals surface area contributed by atoms with Gasteiger partial charge < -0.3 is 9.47 Å². The maximum atomic E-state index is 14.0. The molecule has 2 bridgehead atoms. The number of fused-ring (bicyclic) bond motifs is 5. The summed E-state index contributed by atoms with van der Waals surface area (Å²) in [5.74, 6) is -0.430. The van der Waals surface area contributed by atoms with Crippen LogP contribution in [0, 0.1) is 5.82 Å². The molecule has 3 aliphatic rings. The quantitative estimate of drug-likeness (QED) is 0.447. The van der Waals surface area contributed by atoms with Crippen molar-refractivity contribution < 1.29 is 18.7 Å². The first kappa shape index (κ1) is 21.4. The number of rotatable bonds is 3. The van der Waals surface area contributed by atoms with E-state index in [1.54, 1.807) is 11.0 Å². The summed E-state index contributed by atoms with van der Waals surface area (Å²) in [5.41, 5.74) is 6.55. The fourth-order valence-corrected chi connectivity index (χ4v) is 5.58. The maximum Gasteiger partial charge on any atom is 0.410 e. The average Bonchev–Trinajstić information content (AvgIpc) is 3.17. The molecular formula is C28H23ClFNO3. The molecule has 172 valence electrons. The molecule has 2 aliphatic heterocycles. The molecule has 1 amide bonds. The van der Waals surface area contributed by atoms with Crippen molar-refractivity contribution in [1.29, 1.82) is 0 Å². The van der Waals surface area contributed by atoms with Crippen molar-refractivity contribution >= 4 is 23.3 Å². The van der Waals surface area contributed by atoms with Gasteiger partial charge in [-0.25, -0.2) is 9.18 Å². The molecule has 34 heavy (non-hydrogen) atoms. The highest BCUT2D eigenvalue weighted by Gasteiger charge is 2.40. The lowest BCUT2D eigenvalue weighted by Gasteiger charge is -2.44. The van der Waals surface area contributed by atoms with Crippen molar-refractivity contribution in [2.45, 2.75) is 24.4 Å². The molecule has 1 aliphatic carbocycles. The van der Waals surface area contributed by atoms with E-state index in [2.05, 4.69) is 24.3 Å². The average molecular weight is 476 g/mol. The van der Waals surface area contributed by atoms with E-state index in [1.165, 1.54) is 28.3 Å². The Morgan fingerprint density at radius 3 is 2.41 bits per heavy atom. The van der Waals surface area contributed by atoms with Gasteiger partial charge in [0.25, 0.3) is 0 Å². The summed E-state index contributed by atoms with van der Waals surface area (Å²) in [6.45, 7) is 1.09. The number of morpholine rings is 1. The summed E-state index contributed by atoms with van der Waals surface area (Å²) < 4.78 is 25.7. The number of amides is 1. The number of nitrogens with zero attached hydrogens (tertiary/aromatic N) is 1. The van der Waals surface area contributed by atoms with Crippen molar-refractivity contribution in [3.8, 4) is 11.1 Å². The van der Waals surface area contributed by atoms with Crippen molar-refractivity contribution in [3.63, 3.8) is 0 Å². The molecule has 0 aromatic heterocycles. The van der Waals surface area contributed by atoms with Gasteiger partial charge in [-0.2, -0.15) is 0 Å². The Bertz CT molecular complexity index is 1260. The fraction of sp³-hybridized carbons (Fsp3) is 0.250. The van der Waals surface area contributed by atoms with Crippen LogP contribution in [-0.4, -0.2) is 42.9 Å². The Morgan fingerprint density at radius 2 is 1.74 bits per heavy atom. The van der Waals surface area contributed by atoms with Crippen LogP contribution in [0.4, 0.5) is 9.18 Å². The van der Waals surface area contributed by atoms with E-state index in [1.807, 2.05) is 36.4 Å². The van der Waals surface area contributed by atoms with E-state index in [9.17, 15) is 9.18 Å². The minimum absolute atomic E-state index is 0.0142. The van der Waals surface area contributed by atoms with Crippen molar-refractivity contribution in [2.24, 2.45) is 0 Å². The molecule has 0 radical (unpaired) electrons. The van der Waals surface area contributed by atoms with Gasteiger partial charge in [-0.3, -0.25) is 4.90 Å². The number of carbonyl (C=O) groups excluding carboxylic acids is 1. The summed E-state index contributed by atoms with van der Waals surface area (Å²) in [4.78, 5) is 15.1. The molecule has 1 saturated heterocycles. The molecule has 2 heterocycles. The predicted molar refractivity (Wildman–Crippen MR) is 129 cm³/mol. The van der Waals surface area contributed by atoms with Gasteiger partial charge in [0.05, 0.1) is 30.3 Å². The van der Waals surface area contributed by atoms with E-state index in [0.717, 1.165) is 11.1 Å². The third-order valence-electron chi connectivity index (χ3n) is 7.04. The number of halogens is 2. The lowest BCUT2D eigenvalue weighted by atomic mass is 9.90. The Balaban J connectivity index is 1.22. The van der Waals surface area contributed by atoms with Gasteiger partial charge in [0.15, 0.2) is 0 Å². The summed E-state index contributed by atoms with van der Waals surface area (Å²) in [6.07, 6.45) is 2.22. The van der Waals surface area contributed by atoms with E-state index >= 15 is 0 Å². The summed E-state index contributed by atoms with van der Waals surface area (Å²) in [5, 5.41) is 0.101. The minimum atomic E-state index is -0.444. The van der Waals surface area contributed by atoms with Gasteiger partial charge in [-0.1, -0.05) is 72.3 Å². The predicted octanol–water partition coefficient (Wildman–Crippen LogP) is 6.28. The topological polar surface area (TPSA) is 38.8 Å². The van der Waals surface area contributed by atoms with Gasteiger partial charge in [-0.05, 0) is 51.9 Å². The Kier molecular flexibility index (Phi) is 5.39. The smallest absolute Gasteiger partial charge is 0.410 e. The largest absolute Gasteiger partial charge is 0.448 e. The van der Waals surface area contributed by atoms with Crippen LogP contribution in [0.1, 0.15) is 29.0 Å². The molecule has 0 spiro atoms. The highest BCUT2D eigenvalue weighted by Crippen LogP contribution is 2.44. The molecule has 0 N–H and O–H groups in total. The summed E-state index contributed by atoms with van der Waals surface area (Å²) in [7, 11) is 0. The molecule has 2 unspecified atom stereocenters.